The minimum Gasteiger partial charge on any atom is -0.463 e. The van der Waals surface area contributed by atoms with Gasteiger partial charge in [0.25, 0.3) is 0 Å². The number of esters is 2. The summed E-state index contributed by atoms with van der Waals surface area (Å²) in [5.41, 5.74) is 0.999. The van der Waals surface area contributed by atoms with Crippen LogP contribution in [0.15, 0.2) is 24.3 Å². The van der Waals surface area contributed by atoms with Crippen LogP contribution in [0.5, 0.6) is 0 Å². The molecule has 0 spiro atoms. The van der Waals surface area contributed by atoms with E-state index in [-0.39, 0.29) is 24.3 Å². The molecule has 2 heterocycles. The average Bonchev–Trinajstić information content (AvgIpc) is 2.65. The number of fused-ring (bicyclic) bond motifs is 1. The van der Waals surface area contributed by atoms with E-state index in [1.54, 1.807) is 31.2 Å². The first-order valence-electron chi connectivity index (χ1n) is 9.08. The summed E-state index contributed by atoms with van der Waals surface area (Å²) < 4.78 is 10.2. The zero-order valence-corrected chi connectivity index (χ0v) is 14.9. The molecule has 2 aliphatic heterocycles. The van der Waals surface area contributed by atoms with Gasteiger partial charge in [0.05, 0.1) is 18.6 Å². The van der Waals surface area contributed by atoms with E-state index in [2.05, 4.69) is 10.2 Å². The average molecular weight is 360 g/mol. The maximum atomic E-state index is 12.4. The number of carbonyl (C=O) groups is 3. The lowest BCUT2D eigenvalue weighted by molar-refractivity contribution is -0.165. The third kappa shape index (κ3) is 4.22. The number of benzene rings is 1. The summed E-state index contributed by atoms with van der Waals surface area (Å²) >= 11 is 0. The van der Waals surface area contributed by atoms with E-state index >= 15 is 0 Å². The van der Waals surface area contributed by atoms with E-state index in [4.69, 9.17) is 9.47 Å². The molecule has 7 heteroatoms. The molecule has 0 bridgehead atoms. The molecule has 0 unspecified atom stereocenters. The fourth-order valence-corrected chi connectivity index (χ4v) is 3.51. The summed E-state index contributed by atoms with van der Waals surface area (Å²) in [5.74, 6) is -0.968. The number of anilines is 1. The monoisotopic (exact) mass is 360 g/mol. The summed E-state index contributed by atoms with van der Waals surface area (Å²) in [6.45, 7) is 3.31. The number of nitrogens with one attached hydrogen (secondary N) is 1. The quantitative estimate of drug-likeness (QED) is 0.808. The Balaban J connectivity index is 1.59. The van der Waals surface area contributed by atoms with Crippen LogP contribution >= 0.6 is 0 Å². The number of ether oxygens (including phenoxy) is 2. The first-order chi connectivity index (χ1) is 12.6. The Labute approximate surface area is 152 Å². The Morgan fingerprint density at radius 3 is 2.77 bits per heavy atom. The molecule has 3 rings (SSSR count). The molecule has 0 aliphatic carbocycles. The molecule has 2 fully saturated rings. The molecule has 1 aromatic carbocycles. The van der Waals surface area contributed by atoms with Crippen LogP contribution in [0.2, 0.25) is 0 Å². The fraction of sp³-hybridized carbons (Fsp3) is 0.526. The number of piperidine rings is 1. The van der Waals surface area contributed by atoms with Crippen LogP contribution in [0.3, 0.4) is 0 Å². The fourth-order valence-electron chi connectivity index (χ4n) is 3.51. The molecule has 140 valence electrons. The molecule has 7 nitrogen and oxygen atoms in total. The highest BCUT2D eigenvalue weighted by molar-refractivity contribution is 5.95. The van der Waals surface area contributed by atoms with Crippen LogP contribution in [0, 0.1) is 0 Å². The van der Waals surface area contributed by atoms with Crippen molar-refractivity contribution < 1.29 is 23.9 Å². The lowest BCUT2D eigenvalue weighted by Gasteiger charge is -2.43. The maximum absolute atomic E-state index is 12.4. The zero-order chi connectivity index (χ0) is 18.5. The Morgan fingerprint density at radius 2 is 2.04 bits per heavy atom. The zero-order valence-electron chi connectivity index (χ0n) is 14.9. The van der Waals surface area contributed by atoms with Gasteiger partial charge in [0.2, 0.25) is 5.91 Å². The number of nitrogens with zero attached hydrogens (tertiary/aromatic N) is 1. The van der Waals surface area contributed by atoms with Gasteiger partial charge in [-0.2, -0.15) is 0 Å². The molecule has 2 aliphatic rings. The highest BCUT2D eigenvalue weighted by Crippen LogP contribution is 2.26. The van der Waals surface area contributed by atoms with Gasteiger partial charge in [0.1, 0.15) is 12.6 Å². The van der Waals surface area contributed by atoms with Crippen LogP contribution in [-0.2, 0) is 19.1 Å². The second kappa shape index (κ2) is 8.31. The number of amides is 1. The van der Waals surface area contributed by atoms with Gasteiger partial charge in [-0.15, -0.1) is 0 Å². The molecule has 26 heavy (non-hydrogen) atoms. The van der Waals surface area contributed by atoms with Crippen LogP contribution in [0.1, 0.15) is 43.0 Å². The molecule has 2 saturated heterocycles. The summed E-state index contributed by atoms with van der Waals surface area (Å²) in [6.07, 6.45) is 3.23. The highest BCUT2D eigenvalue weighted by atomic mass is 16.5. The highest BCUT2D eigenvalue weighted by Gasteiger charge is 2.40. The molecule has 1 amide bonds. The topological polar surface area (TPSA) is 84.9 Å². The van der Waals surface area contributed by atoms with Gasteiger partial charge in [-0.3, -0.25) is 14.5 Å². The van der Waals surface area contributed by atoms with E-state index in [1.807, 2.05) is 0 Å². The van der Waals surface area contributed by atoms with Gasteiger partial charge in [-0.05, 0) is 50.6 Å². The van der Waals surface area contributed by atoms with Crippen LogP contribution in [0.4, 0.5) is 5.69 Å². The molecule has 1 aromatic rings. The van der Waals surface area contributed by atoms with Gasteiger partial charge in [0.15, 0.2) is 0 Å². The van der Waals surface area contributed by atoms with Gasteiger partial charge in [0, 0.05) is 11.7 Å². The molecule has 1 N–H and O–H groups in total. The van der Waals surface area contributed by atoms with Crippen molar-refractivity contribution in [3.8, 4) is 0 Å². The van der Waals surface area contributed by atoms with Crippen LogP contribution in [-0.4, -0.2) is 54.6 Å². The summed E-state index contributed by atoms with van der Waals surface area (Å²) in [5, 5.41) is 2.78. The molecular formula is C19H24N2O5. The van der Waals surface area contributed by atoms with Crippen molar-refractivity contribution in [3.63, 3.8) is 0 Å². The number of carbonyl (C=O) groups excluding carboxylic acids is 3. The van der Waals surface area contributed by atoms with Crippen molar-refractivity contribution in [3.05, 3.63) is 29.8 Å². The van der Waals surface area contributed by atoms with E-state index in [9.17, 15) is 14.4 Å². The number of hydrogen-bond acceptors (Lipinski definition) is 6. The number of hydrogen-bond donors (Lipinski definition) is 1. The Morgan fingerprint density at radius 1 is 1.27 bits per heavy atom. The Kier molecular flexibility index (Phi) is 5.88. The van der Waals surface area contributed by atoms with E-state index in [0.29, 0.717) is 24.5 Å². The largest absolute Gasteiger partial charge is 0.463 e. The minimum atomic E-state index is -0.521. The Bertz CT molecular complexity index is 673. The maximum Gasteiger partial charge on any atom is 0.338 e. The van der Waals surface area contributed by atoms with Crippen molar-refractivity contribution in [1.82, 2.24) is 4.90 Å². The number of cyclic esters (lactones) is 1. The van der Waals surface area contributed by atoms with Gasteiger partial charge in [-0.25, -0.2) is 4.79 Å². The predicted molar refractivity (Wildman–Crippen MR) is 94.7 cm³/mol. The van der Waals surface area contributed by atoms with Gasteiger partial charge in [-0.1, -0.05) is 6.42 Å². The van der Waals surface area contributed by atoms with Gasteiger partial charge < -0.3 is 14.8 Å². The first kappa shape index (κ1) is 18.4. The summed E-state index contributed by atoms with van der Waals surface area (Å²) in [6, 6.07) is 6.20. The molecule has 0 radical (unpaired) electrons. The van der Waals surface area contributed by atoms with Crippen molar-refractivity contribution in [1.29, 1.82) is 0 Å². The standard InChI is InChI=1S/C19H24N2O5/c1-2-25-18(23)13-6-8-14(9-7-13)20-17(22)11-16-19(24)26-12-15-5-3-4-10-21(15)16/h6-9,15-16H,2-5,10-12H2,1H3,(H,20,22)/t15-,16-/m0/s1. The third-order valence-electron chi connectivity index (χ3n) is 4.82. The van der Waals surface area contributed by atoms with Crippen molar-refractivity contribution in [2.24, 2.45) is 0 Å². The lowest BCUT2D eigenvalue weighted by Crippen LogP contribution is -2.57. The molecule has 0 aromatic heterocycles. The molecule has 0 saturated carbocycles. The number of morpholine rings is 1. The SMILES string of the molecule is CCOC(=O)c1ccc(NC(=O)C[C@H]2C(=O)OC[C@@H]3CCCCN32)cc1. The second-order valence-corrected chi connectivity index (χ2v) is 6.58. The van der Waals surface area contributed by atoms with Crippen LogP contribution in [0.25, 0.3) is 0 Å². The van der Waals surface area contributed by atoms with Gasteiger partial charge >= 0.3 is 11.9 Å². The lowest BCUT2D eigenvalue weighted by atomic mass is 9.97. The van der Waals surface area contributed by atoms with Crippen LogP contribution < -0.4 is 5.32 Å². The molecule has 2 atom stereocenters. The normalized spacial score (nSPS) is 22.9. The predicted octanol–water partition coefficient (Wildman–Crippen LogP) is 1.97. The van der Waals surface area contributed by atoms with E-state index < -0.39 is 12.0 Å². The van der Waals surface area contributed by atoms with E-state index in [0.717, 1.165) is 25.8 Å². The summed E-state index contributed by atoms with van der Waals surface area (Å²) in [7, 11) is 0. The minimum absolute atomic E-state index is 0.0644. The smallest absolute Gasteiger partial charge is 0.338 e. The van der Waals surface area contributed by atoms with Crippen molar-refractivity contribution >= 4 is 23.5 Å². The Hall–Kier alpha value is -2.41. The third-order valence-corrected chi connectivity index (χ3v) is 4.82. The summed E-state index contributed by atoms with van der Waals surface area (Å²) in [4.78, 5) is 38.3. The first-order valence-corrected chi connectivity index (χ1v) is 9.08. The van der Waals surface area contributed by atoms with Crippen molar-refractivity contribution in [2.75, 3.05) is 25.1 Å². The number of rotatable bonds is 5. The van der Waals surface area contributed by atoms with E-state index in [1.165, 1.54) is 0 Å². The molecular weight excluding hydrogens is 336 g/mol. The second-order valence-electron chi connectivity index (χ2n) is 6.58. The van der Waals surface area contributed by atoms with Crippen molar-refractivity contribution in [2.45, 2.75) is 44.7 Å².